The van der Waals surface area contributed by atoms with E-state index in [1.54, 1.807) is 0 Å². The van der Waals surface area contributed by atoms with Gasteiger partial charge < -0.3 is 10.5 Å². The number of carbonyl (C=O) groups excluding carboxylic acids is 1. The highest BCUT2D eigenvalue weighted by atomic mass is 32.2. The number of nitrogens with two attached hydrogens (primary N) is 1. The summed E-state index contributed by atoms with van der Waals surface area (Å²) >= 11 is 0. The van der Waals surface area contributed by atoms with Gasteiger partial charge in [0, 0.05) is 6.20 Å². The summed E-state index contributed by atoms with van der Waals surface area (Å²) < 4.78 is 29.4. The Morgan fingerprint density at radius 2 is 2.10 bits per heavy atom. The number of sulfone groups is 1. The number of hydrogen-bond donors (Lipinski definition) is 1. The summed E-state index contributed by atoms with van der Waals surface area (Å²) in [5.41, 5.74) is 6.23. The molecule has 0 bridgehead atoms. The molecule has 1 aromatic heterocycles. The van der Waals surface area contributed by atoms with Gasteiger partial charge in [-0.2, -0.15) is 0 Å². The molecule has 2 fully saturated rings. The van der Waals surface area contributed by atoms with Crippen LogP contribution < -0.4 is 10.5 Å². The second-order valence-electron chi connectivity index (χ2n) is 5.47. The van der Waals surface area contributed by atoms with Crippen molar-refractivity contribution >= 4 is 21.8 Å². The van der Waals surface area contributed by atoms with Crippen LogP contribution in [-0.2, 0) is 9.84 Å². The zero-order valence-corrected chi connectivity index (χ0v) is 11.7. The molecule has 0 amide bonds. The fourth-order valence-electron chi connectivity index (χ4n) is 2.27. The Morgan fingerprint density at radius 3 is 2.65 bits per heavy atom. The lowest BCUT2D eigenvalue weighted by Crippen LogP contribution is -2.33. The van der Waals surface area contributed by atoms with Crippen LogP contribution in [0.1, 0.15) is 36.0 Å². The van der Waals surface area contributed by atoms with Crippen LogP contribution in [0.25, 0.3) is 0 Å². The molecule has 7 heteroatoms. The van der Waals surface area contributed by atoms with Crippen molar-refractivity contribution in [2.75, 3.05) is 12.3 Å². The number of pyridine rings is 1. The maximum atomic E-state index is 12.3. The monoisotopic (exact) mass is 296 g/mol. The van der Waals surface area contributed by atoms with Crippen molar-refractivity contribution in [1.82, 2.24) is 4.98 Å². The molecule has 2 N–H and O–H groups in total. The fraction of sp³-hybridized carbons (Fsp3) is 0.538. The first kappa shape index (κ1) is 13.4. The minimum atomic E-state index is -3.11. The normalized spacial score (nSPS) is 20.4. The quantitative estimate of drug-likeness (QED) is 0.785. The molecular formula is C13H16N2O4S. The van der Waals surface area contributed by atoms with Crippen LogP contribution in [0.2, 0.25) is 0 Å². The van der Waals surface area contributed by atoms with Crippen LogP contribution >= 0.6 is 0 Å². The lowest BCUT2D eigenvalue weighted by Gasteiger charge is -2.17. The molecule has 2 aliphatic carbocycles. The molecule has 6 nitrogen and oxygen atoms in total. The Morgan fingerprint density at radius 1 is 1.40 bits per heavy atom. The molecule has 0 aliphatic heterocycles. The molecule has 1 aromatic rings. The van der Waals surface area contributed by atoms with Crippen LogP contribution in [0.4, 0.5) is 5.69 Å². The van der Waals surface area contributed by atoms with Crippen molar-refractivity contribution in [2.45, 2.75) is 35.7 Å². The largest absolute Gasteiger partial charge is 0.488 e. The van der Waals surface area contributed by atoms with Gasteiger partial charge in [0.2, 0.25) is 0 Å². The van der Waals surface area contributed by atoms with E-state index in [0.29, 0.717) is 19.1 Å². The molecule has 2 saturated carbocycles. The van der Waals surface area contributed by atoms with E-state index in [-0.39, 0.29) is 28.9 Å². The van der Waals surface area contributed by atoms with Crippen molar-refractivity contribution in [2.24, 2.45) is 0 Å². The summed E-state index contributed by atoms with van der Waals surface area (Å²) in [5, 5.41) is -0.189. The maximum absolute atomic E-state index is 12.3. The van der Waals surface area contributed by atoms with E-state index < -0.39 is 14.6 Å². The maximum Gasteiger partial charge on any atom is 0.162 e. The number of aldehydes is 1. The van der Waals surface area contributed by atoms with Crippen molar-refractivity contribution in [3.63, 3.8) is 0 Å². The van der Waals surface area contributed by atoms with Crippen molar-refractivity contribution < 1.29 is 17.9 Å². The highest BCUT2D eigenvalue weighted by Crippen LogP contribution is 2.50. The lowest BCUT2D eigenvalue weighted by molar-refractivity contribution is 0.112. The fourth-order valence-corrected chi connectivity index (χ4v) is 4.63. The van der Waals surface area contributed by atoms with Crippen molar-refractivity contribution in [3.05, 3.63) is 18.0 Å². The predicted molar refractivity (Wildman–Crippen MR) is 73.4 cm³/mol. The SMILES string of the molecule is Nc1c(C=O)cncc1OCC1(S(=O)(=O)C2CC2)CC1. The third-order valence-corrected chi connectivity index (χ3v) is 7.06. The van der Waals surface area contributed by atoms with Gasteiger partial charge in [-0.15, -0.1) is 0 Å². The Balaban J connectivity index is 1.76. The van der Waals surface area contributed by atoms with E-state index in [1.165, 1.54) is 12.4 Å². The van der Waals surface area contributed by atoms with E-state index >= 15 is 0 Å². The zero-order valence-electron chi connectivity index (χ0n) is 10.9. The third kappa shape index (κ3) is 2.06. The molecule has 0 unspecified atom stereocenters. The van der Waals surface area contributed by atoms with Crippen LogP contribution in [0, 0.1) is 0 Å². The van der Waals surface area contributed by atoms with E-state index in [2.05, 4.69) is 4.98 Å². The molecule has 20 heavy (non-hydrogen) atoms. The minimum Gasteiger partial charge on any atom is -0.488 e. The molecule has 108 valence electrons. The first-order chi connectivity index (χ1) is 9.50. The van der Waals surface area contributed by atoms with Gasteiger partial charge in [0.1, 0.15) is 11.4 Å². The number of rotatable bonds is 6. The predicted octanol–water partition coefficient (Wildman–Crippen LogP) is 0.965. The van der Waals surface area contributed by atoms with Gasteiger partial charge in [0.15, 0.2) is 21.9 Å². The van der Waals surface area contributed by atoms with Gasteiger partial charge in [-0.05, 0) is 25.7 Å². The van der Waals surface area contributed by atoms with Crippen LogP contribution in [0.15, 0.2) is 12.4 Å². The van der Waals surface area contributed by atoms with Crippen molar-refractivity contribution in [3.8, 4) is 5.75 Å². The Labute approximate surface area is 117 Å². The molecule has 3 rings (SSSR count). The Hall–Kier alpha value is -1.63. The third-order valence-electron chi connectivity index (χ3n) is 3.97. The Bertz CT molecular complexity index is 648. The first-order valence-electron chi connectivity index (χ1n) is 6.55. The number of nitrogens with zero attached hydrogens (tertiary/aromatic N) is 1. The number of aromatic nitrogens is 1. The van der Waals surface area contributed by atoms with Gasteiger partial charge in [-0.25, -0.2) is 8.42 Å². The van der Waals surface area contributed by atoms with Gasteiger partial charge in [0.05, 0.1) is 22.7 Å². The lowest BCUT2D eigenvalue weighted by atomic mass is 10.2. The first-order valence-corrected chi connectivity index (χ1v) is 8.10. The second kappa shape index (κ2) is 4.44. The summed E-state index contributed by atoms with van der Waals surface area (Å²) in [6.07, 6.45) is 6.14. The van der Waals surface area contributed by atoms with Gasteiger partial charge in [0.25, 0.3) is 0 Å². The molecule has 0 radical (unpaired) electrons. The number of anilines is 1. The highest BCUT2D eigenvalue weighted by molar-refractivity contribution is 7.94. The summed E-state index contributed by atoms with van der Waals surface area (Å²) in [7, 11) is -3.11. The molecule has 0 aromatic carbocycles. The molecular weight excluding hydrogens is 280 g/mol. The summed E-state index contributed by atoms with van der Waals surface area (Å²) in [4.78, 5) is 14.6. The zero-order chi connectivity index (χ0) is 14.4. The topological polar surface area (TPSA) is 99.3 Å². The number of nitrogen functional groups attached to an aromatic ring is 1. The minimum absolute atomic E-state index is 0.0834. The highest BCUT2D eigenvalue weighted by Gasteiger charge is 2.60. The van der Waals surface area contributed by atoms with Crippen molar-refractivity contribution in [1.29, 1.82) is 0 Å². The average molecular weight is 296 g/mol. The number of carbonyl (C=O) groups is 1. The van der Waals surface area contributed by atoms with Crippen LogP contribution in [0.5, 0.6) is 5.75 Å². The average Bonchev–Trinajstić information content (AvgIpc) is 3.29. The van der Waals surface area contributed by atoms with Gasteiger partial charge >= 0.3 is 0 Å². The Kier molecular flexibility index (Phi) is 2.97. The van der Waals surface area contributed by atoms with Crippen LogP contribution in [-0.4, -0.2) is 36.3 Å². The van der Waals surface area contributed by atoms with E-state index in [9.17, 15) is 13.2 Å². The summed E-state index contributed by atoms with van der Waals surface area (Å²) in [6.45, 7) is 0.0834. The number of ether oxygens (including phenoxy) is 1. The van der Waals surface area contributed by atoms with E-state index in [4.69, 9.17) is 10.5 Å². The van der Waals surface area contributed by atoms with E-state index in [0.717, 1.165) is 12.8 Å². The van der Waals surface area contributed by atoms with E-state index in [1.807, 2.05) is 0 Å². The second-order valence-corrected chi connectivity index (χ2v) is 8.10. The molecule has 0 saturated heterocycles. The molecule has 0 spiro atoms. The van der Waals surface area contributed by atoms with Gasteiger partial charge in [-0.3, -0.25) is 9.78 Å². The number of hydrogen-bond acceptors (Lipinski definition) is 6. The van der Waals surface area contributed by atoms with Crippen LogP contribution in [0.3, 0.4) is 0 Å². The smallest absolute Gasteiger partial charge is 0.162 e. The molecule has 0 atom stereocenters. The summed E-state index contributed by atoms with van der Waals surface area (Å²) in [5.74, 6) is 0.270. The van der Waals surface area contributed by atoms with Gasteiger partial charge in [-0.1, -0.05) is 0 Å². The standard InChI is InChI=1S/C13H16N2O4S/c14-12-9(7-16)5-15-6-11(12)19-8-13(3-4-13)20(17,18)10-1-2-10/h5-7,10H,1-4,8H2,(H2,14,15). The molecule has 2 aliphatic rings. The molecule has 1 heterocycles. The summed E-state index contributed by atoms with van der Waals surface area (Å²) in [6, 6.07) is 0.